The van der Waals surface area contributed by atoms with Crippen LogP contribution in [0.15, 0.2) is 12.3 Å². The second-order valence-electron chi connectivity index (χ2n) is 3.15. The number of rotatable bonds is 2. The van der Waals surface area contributed by atoms with Gasteiger partial charge in [0.25, 0.3) is 0 Å². The maximum Gasteiger partial charge on any atom is 0.177 e. The molecule has 0 unspecified atom stereocenters. The Morgan fingerprint density at radius 1 is 1.64 bits per heavy atom. The van der Waals surface area contributed by atoms with E-state index in [-0.39, 0.29) is 0 Å². The molecule has 4 nitrogen and oxygen atoms in total. The number of aryl methyl sites for hydroxylation is 1. The fourth-order valence-corrected chi connectivity index (χ4v) is 1.47. The highest BCUT2D eigenvalue weighted by Gasteiger charge is 2.05. The standard InChI is InChI=1S/C9H10N4S/c1-5-2-3-11-9-8(5)12-7(13-9)4-6(10)14/h2-3H,4H2,1H3,(H2,10,14)(H,11,12,13). The van der Waals surface area contributed by atoms with Crippen molar-refractivity contribution in [3.05, 3.63) is 23.7 Å². The molecule has 72 valence electrons. The molecule has 2 heterocycles. The molecule has 0 spiro atoms. The highest BCUT2D eigenvalue weighted by molar-refractivity contribution is 7.80. The summed E-state index contributed by atoms with van der Waals surface area (Å²) in [4.78, 5) is 12.0. The Morgan fingerprint density at radius 3 is 3.07 bits per heavy atom. The van der Waals surface area contributed by atoms with Gasteiger partial charge in [-0.05, 0) is 18.6 Å². The van der Waals surface area contributed by atoms with Gasteiger partial charge in [-0.15, -0.1) is 0 Å². The summed E-state index contributed by atoms with van der Waals surface area (Å²) in [6, 6.07) is 1.94. The molecule has 0 aliphatic rings. The first-order chi connectivity index (χ1) is 6.66. The van der Waals surface area contributed by atoms with Crippen LogP contribution in [0.4, 0.5) is 0 Å². The molecule has 0 bridgehead atoms. The van der Waals surface area contributed by atoms with Crippen molar-refractivity contribution >= 4 is 28.4 Å². The van der Waals surface area contributed by atoms with Crippen molar-refractivity contribution in [1.82, 2.24) is 15.0 Å². The zero-order valence-corrected chi connectivity index (χ0v) is 8.56. The van der Waals surface area contributed by atoms with Crippen LogP contribution in [0.25, 0.3) is 11.2 Å². The summed E-state index contributed by atoms with van der Waals surface area (Å²) in [6.07, 6.45) is 2.23. The van der Waals surface area contributed by atoms with E-state index in [0.717, 1.165) is 22.6 Å². The highest BCUT2D eigenvalue weighted by atomic mass is 32.1. The number of nitrogens with two attached hydrogens (primary N) is 1. The Morgan fingerprint density at radius 2 is 2.43 bits per heavy atom. The summed E-state index contributed by atoms with van der Waals surface area (Å²) >= 11 is 4.81. The lowest BCUT2D eigenvalue weighted by Gasteiger charge is -1.91. The fourth-order valence-electron chi connectivity index (χ4n) is 1.33. The van der Waals surface area contributed by atoms with Gasteiger partial charge in [-0.1, -0.05) is 12.2 Å². The topological polar surface area (TPSA) is 67.6 Å². The van der Waals surface area contributed by atoms with E-state index in [1.54, 1.807) is 6.20 Å². The summed E-state index contributed by atoms with van der Waals surface area (Å²) in [5, 5.41) is 0. The second-order valence-corrected chi connectivity index (χ2v) is 3.68. The minimum atomic E-state index is 0.432. The molecule has 0 aliphatic heterocycles. The van der Waals surface area contributed by atoms with E-state index in [4.69, 9.17) is 18.0 Å². The summed E-state index contributed by atoms with van der Waals surface area (Å²) in [5.74, 6) is 0.773. The van der Waals surface area contributed by atoms with Crippen LogP contribution in [-0.2, 0) is 6.42 Å². The van der Waals surface area contributed by atoms with Crippen LogP contribution in [0, 0.1) is 6.92 Å². The number of hydrogen-bond acceptors (Lipinski definition) is 3. The third-order valence-electron chi connectivity index (χ3n) is 1.99. The van der Waals surface area contributed by atoms with Crippen LogP contribution < -0.4 is 5.73 Å². The number of imidazole rings is 1. The van der Waals surface area contributed by atoms with Crippen molar-refractivity contribution in [3.8, 4) is 0 Å². The van der Waals surface area contributed by atoms with Crippen molar-refractivity contribution in [1.29, 1.82) is 0 Å². The molecular weight excluding hydrogens is 196 g/mol. The number of aromatic nitrogens is 3. The molecular formula is C9H10N4S. The van der Waals surface area contributed by atoms with E-state index >= 15 is 0 Å². The number of H-pyrrole nitrogens is 1. The van der Waals surface area contributed by atoms with Gasteiger partial charge in [0, 0.05) is 6.20 Å². The number of aromatic amines is 1. The first-order valence-corrected chi connectivity index (χ1v) is 4.66. The molecule has 0 fully saturated rings. The zero-order chi connectivity index (χ0) is 10.1. The van der Waals surface area contributed by atoms with E-state index in [0.29, 0.717) is 11.4 Å². The lowest BCUT2D eigenvalue weighted by molar-refractivity contribution is 1.10. The molecule has 0 aromatic carbocycles. The van der Waals surface area contributed by atoms with Gasteiger partial charge in [-0.3, -0.25) is 0 Å². The van der Waals surface area contributed by atoms with E-state index in [1.807, 2.05) is 13.0 Å². The molecule has 0 aliphatic carbocycles. The van der Waals surface area contributed by atoms with Gasteiger partial charge in [0.1, 0.15) is 5.82 Å². The smallest absolute Gasteiger partial charge is 0.177 e. The first-order valence-electron chi connectivity index (χ1n) is 4.25. The van der Waals surface area contributed by atoms with Crippen molar-refractivity contribution in [2.45, 2.75) is 13.3 Å². The van der Waals surface area contributed by atoms with Crippen molar-refractivity contribution in [3.63, 3.8) is 0 Å². The van der Waals surface area contributed by atoms with Gasteiger partial charge >= 0.3 is 0 Å². The number of nitrogens with one attached hydrogen (secondary N) is 1. The van der Waals surface area contributed by atoms with Crippen LogP contribution >= 0.6 is 12.2 Å². The molecule has 2 aromatic heterocycles. The molecule has 3 N–H and O–H groups in total. The van der Waals surface area contributed by atoms with Crippen LogP contribution in [0.2, 0.25) is 0 Å². The van der Waals surface area contributed by atoms with Crippen LogP contribution in [0.5, 0.6) is 0 Å². The minimum absolute atomic E-state index is 0.432. The van der Waals surface area contributed by atoms with Gasteiger partial charge in [0.15, 0.2) is 5.65 Å². The van der Waals surface area contributed by atoms with Gasteiger partial charge in [-0.2, -0.15) is 0 Å². The molecule has 0 amide bonds. The van der Waals surface area contributed by atoms with Crippen LogP contribution in [-0.4, -0.2) is 19.9 Å². The highest BCUT2D eigenvalue weighted by Crippen LogP contribution is 2.12. The Kier molecular flexibility index (Phi) is 2.17. The lowest BCUT2D eigenvalue weighted by Crippen LogP contribution is -2.11. The van der Waals surface area contributed by atoms with Gasteiger partial charge < -0.3 is 10.7 Å². The Bertz CT molecular complexity index is 489. The minimum Gasteiger partial charge on any atom is -0.393 e. The van der Waals surface area contributed by atoms with Gasteiger partial charge in [0.2, 0.25) is 0 Å². The summed E-state index contributed by atoms with van der Waals surface area (Å²) in [5.41, 5.74) is 8.23. The largest absolute Gasteiger partial charge is 0.393 e. The fraction of sp³-hybridized carbons (Fsp3) is 0.222. The van der Waals surface area contributed by atoms with E-state index in [2.05, 4.69) is 15.0 Å². The monoisotopic (exact) mass is 206 g/mol. The van der Waals surface area contributed by atoms with Gasteiger partial charge in [0.05, 0.1) is 16.9 Å². The predicted octanol–water partition coefficient (Wildman–Crippen LogP) is 1.09. The van der Waals surface area contributed by atoms with Crippen LogP contribution in [0.3, 0.4) is 0 Å². The van der Waals surface area contributed by atoms with Crippen molar-refractivity contribution in [2.75, 3.05) is 0 Å². The normalized spacial score (nSPS) is 10.6. The maximum atomic E-state index is 5.44. The van der Waals surface area contributed by atoms with Crippen molar-refractivity contribution in [2.24, 2.45) is 5.73 Å². The Labute approximate surface area is 86.6 Å². The quantitative estimate of drug-likeness (QED) is 0.722. The molecule has 0 saturated heterocycles. The zero-order valence-electron chi connectivity index (χ0n) is 7.74. The number of hydrogen-bond donors (Lipinski definition) is 2. The van der Waals surface area contributed by atoms with E-state index in [9.17, 15) is 0 Å². The Hall–Kier alpha value is -1.49. The summed E-state index contributed by atoms with van der Waals surface area (Å²) in [6.45, 7) is 2.01. The van der Waals surface area contributed by atoms with Crippen LogP contribution in [0.1, 0.15) is 11.4 Å². The SMILES string of the molecule is Cc1ccnc2nc(CC(N)=S)[nH]c12. The molecule has 2 rings (SSSR count). The molecule has 2 aromatic rings. The molecule has 0 radical (unpaired) electrons. The van der Waals surface area contributed by atoms with E-state index < -0.39 is 0 Å². The Balaban J connectivity index is 2.51. The second kappa shape index (κ2) is 3.34. The molecule has 14 heavy (non-hydrogen) atoms. The third kappa shape index (κ3) is 1.58. The third-order valence-corrected chi connectivity index (χ3v) is 2.14. The average Bonchev–Trinajstić information content (AvgIpc) is 2.47. The maximum absolute atomic E-state index is 5.44. The first kappa shape index (κ1) is 9.08. The number of nitrogens with zero attached hydrogens (tertiary/aromatic N) is 2. The molecule has 0 saturated carbocycles. The van der Waals surface area contributed by atoms with Gasteiger partial charge in [-0.25, -0.2) is 9.97 Å². The number of thiocarbonyl (C=S) groups is 1. The summed E-state index contributed by atoms with van der Waals surface area (Å²) in [7, 11) is 0. The molecule has 5 heteroatoms. The average molecular weight is 206 g/mol. The van der Waals surface area contributed by atoms with Crippen molar-refractivity contribution < 1.29 is 0 Å². The lowest BCUT2D eigenvalue weighted by atomic mass is 10.3. The number of pyridine rings is 1. The molecule has 0 atom stereocenters. The summed E-state index contributed by atoms with van der Waals surface area (Å²) < 4.78 is 0. The number of fused-ring (bicyclic) bond motifs is 1. The van der Waals surface area contributed by atoms with E-state index in [1.165, 1.54) is 0 Å². The predicted molar refractivity (Wildman–Crippen MR) is 59.1 cm³/mol.